The molecule has 5 nitrogen and oxygen atoms in total. The molecule has 14 heavy (non-hydrogen) atoms. The van der Waals surface area contributed by atoms with Gasteiger partial charge in [0.1, 0.15) is 17.1 Å². The molecule has 0 heterocycles. The highest BCUT2D eigenvalue weighted by Gasteiger charge is 2.11. The van der Waals surface area contributed by atoms with Crippen LogP contribution in [0.25, 0.3) is 0 Å². The van der Waals surface area contributed by atoms with Gasteiger partial charge in [0.05, 0.1) is 7.11 Å². The zero-order valence-electron chi connectivity index (χ0n) is 7.43. The average Bonchev–Trinajstić information content (AvgIpc) is 2.17. The Kier molecular flexibility index (Phi) is 3.36. The summed E-state index contributed by atoms with van der Waals surface area (Å²) in [6.45, 7) is 0. The molecule has 0 aliphatic rings. The first kappa shape index (κ1) is 10.4. The molecule has 0 aliphatic heterocycles. The predicted molar refractivity (Wildman–Crippen MR) is 48.6 cm³/mol. The number of ether oxygens (including phenoxy) is 1. The van der Waals surface area contributed by atoms with Gasteiger partial charge in [0.25, 0.3) is 0 Å². The topological polar surface area (TPSA) is 76.0 Å². The van der Waals surface area contributed by atoms with Crippen LogP contribution in [-0.2, 0) is 0 Å². The Morgan fingerprint density at radius 1 is 1.50 bits per heavy atom. The third-order valence-corrected chi connectivity index (χ3v) is 1.59. The Morgan fingerprint density at radius 2 is 2.21 bits per heavy atom. The average molecular weight is 195 g/mol. The van der Waals surface area contributed by atoms with E-state index in [-0.39, 0.29) is 11.3 Å². The molecule has 0 amide bonds. The second-order valence-corrected chi connectivity index (χ2v) is 2.39. The van der Waals surface area contributed by atoms with Gasteiger partial charge in [-0.25, -0.2) is 4.79 Å². The van der Waals surface area contributed by atoms with E-state index in [9.17, 15) is 4.79 Å². The Morgan fingerprint density at radius 3 is 2.71 bits per heavy atom. The number of hydrogen-bond donors (Lipinski definition) is 2. The number of aromatic carboxylic acids is 1. The third kappa shape index (κ3) is 2.17. The summed E-state index contributed by atoms with van der Waals surface area (Å²) in [4.78, 5) is 10.7. The molecular weight excluding hydrogens is 187 g/mol. The molecule has 0 spiro atoms. The summed E-state index contributed by atoms with van der Waals surface area (Å²) in [7, 11) is 1.86. The summed E-state index contributed by atoms with van der Waals surface area (Å²) in [5.74, 6) is -0.604. The van der Waals surface area contributed by atoms with Crippen molar-refractivity contribution in [3.8, 4) is 11.5 Å². The molecular formula is C8H8BO5. The number of rotatable bonds is 4. The van der Waals surface area contributed by atoms with Crippen LogP contribution in [-0.4, -0.2) is 30.9 Å². The summed E-state index contributed by atoms with van der Waals surface area (Å²) in [6.07, 6.45) is 0. The summed E-state index contributed by atoms with van der Waals surface area (Å²) in [6, 6.07) is 4.12. The number of benzene rings is 1. The lowest BCUT2D eigenvalue weighted by molar-refractivity contribution is 0.0693. The van der Waals surface area contributed by atoms with Crippen molar-refractivity contribution in [3.63, 3.8) is 0 Å². The van der Waals surface area contributed by atoms with E-state index in [1.165, 1.54) is 25.3 Å². The zero-order valence-corrected chi connectivity index (χ0v) is 7.43. The van der Waals surface area contributed by atoms with Crippen molar-refractivity contribution in [2.24, 2.45) is 0 Å². The van der Waals surface area contributed by atoms with Gasteiger partial charge in [0.2, 0.25) is 0 Å². The molecule has 2 N–H and O–H groups in total. The Labute approximate surface area is 81.2 Å². The number of carbonyl (C=O) groups is 1. The van der Waals surface area contributed by atoms with E-state index in [2.05, 4.69) is 4.65 Å². The first-order valence-electron chi connectivity index (χ1n) is 3.73. The van der Waals surface area contributed by atoms with Crippen LogP contribution in [0.5, 0.6) is 11.5 Å². The van der Waals surface area contributed by atoms with Crippen molar-refractivity contribution in [2.45, 2.75) is 0 Å². The molecule has 0 unspecified atom stereocenters. The SMILES string of the molecule is COc1cc(O[B]O)ccc1C(=O)O. The van der Waals surface area contributed by atoms with E-state index in [4.69, 9.17) is 14.9 Å². The normalized spacial score (nSPS) is 9.29. The predicted octanol–water partition coefficient (Wildman–Crippen LogP) is 0.299. The molecule has 1 radical (unpaired) electrons. The number of methoxy groups -OCH3 is 1. The standard InChI is InChI=1S/C8H8BO5/c1-13-7-4-5(14-9-12)2-3-6(7)8(10)11/h2-4,12H,1H3,(H,10,11). The van der Waals surface area contributed by atoms with Crippen molar-refractivity contribution < 1.29 is 24.3 Å². The number of hydrogen-bond acceptors (Lipinski definition) is 4. The lowest BCUT2D eigenvalue weighted by Gasteiger charge is -2.07. The first-order chi connectivity index (χ1) is 6.69. The van der Waals surface area contributed by atoms with E-state index in [0.29, 0.717) is 13.4 Å². The first-order valence-corrected chi connectivity index (χ1v) is 3.73. The molecule has 0 saturated carbocycles. The van der Waals surface area contributed by atoms with Crippen molar-refractivity contribution in [3.05, 3.63) is 23.8 Å². The Bertz CT molecular complexity index is 339. The highest BCUT2D eigenvalue weighted by Crippen LogP contribution is 2.24. The minimum atomic E-state index is -1.08. The van der Waals surface area contributed by atoms with Gasteiger partial charge in [-0.1, -0.05) is 0 Å². The maximum absolute atomic E-state index is 10.7. The molecule has 73 valence electrons. The van der Waals surface area contributed by atoms with Crippen LogP contribution in [0.2, 0.25) is 0 Å². The van der Waals surface area contributed by atoms with Gasteiger partial charge < -0.3 is 19.5 Å². The molecule has 0 aromatic heterocycles. The Hall–Kier alpha value is -1.69. The molecule has 0 atom stereocenters. The molecule has 1 aromatic rings. The van der Waals surface area contributed by atoms with Crippen LogP contribution < -0.4 is 9.39 Å². The van der Waals surface area contributed by atoms with Gasteiger partial charge >= 0.3 is 13.7 Å². The fourth-order valence-corrected chi connectivity index (χ4v) is 0.982. The molecule has 0 fully saturated rings. The van der Waals surface area contributed by atoms with Crippen molar-refractivity contribution in [1.82, 2.24) is 0 Å². The molecule has 0 bridgehead atoms. The number of carboxylic acid groups (broad SMARTS) is 1. The zero-order chi connectivity index (χ0) is 10.6. The maximum Gasteiger partial charge on any atom is 0.569 e. The number of carboxylic acids is 1. The summed E-state index contributed by atoms with van der Waals surface area (Å²) in [5, 5.41) is 17.1. The fraction of sp³-hybridized carbons (Fsp3) is 0.125. The highest BCUT2D eigenvalue weighted by atomic mass is 16.5. The van der Waals surface area contributed by atoms with E-state index >= 15 is 0 Å². The van der Waals surface area contributed by atoms with Gasteiger partial charge in [0.15, 0.2) is 0 Å². The van der Waals surface area contributed by atoms with Gasteiger partial charge in [0, 0.05) is 6.07 Å². The van der Waals surface area contributed by atoms with Gasteiger partial charge in [-0.3, -0.25) is 0 Å². The summed E-state index contributed by atoms with van der Waals surface area (Å²) in [5.41, 5.74) is 0.0396. The largest absolute Gasteiger partial charge is 0.569 e. The van der Waals surface area contributed by atoms with Gasteiger partial charge in [-0.05, 0) is 12.1 Å². The minimum Gasteiger partial charge on any atom is -0.537 e. The molecule has 1 aromatic carbocycles. The van der Waals surface area contributed by atoms with Gasteiger partial charge in [-0.15, -0.1) is 0 Å². The van der Waals surface area contributed by atoms with Crippen LogP contribution in [0, 0.1) is 0 Å². The maximum atomic E-state index is 10.7. The smallest absolute Gasteiger partial charge is 0.537 e. The van der Waals surface area contributed by atoms with Crippen LogP contribution >= 0.6 is 0 Å². The minimum absolute atomic E-state index is 0.0396. The monoisotopic (exact) mass is 195 g/mol. The highest BCUT2D eigenvalue weighted by molar-refractivity contribution is 6.17. The van der Waals surface area contributed by atoms with Crippen LogP contribution in [0.3, 0.4) is 0 Å². The molecule has 1 rings (SSSR count). The second-order valence-electron chi connectivity index (χ2n) is 2.39. The van der Waals surface area contributed by atoms with Crippen molar-refractivity contribution in [1.29, 1.82) is 0 Å². The van der Waals surface area contributed by atoms with Gasteiger partial charge in [-0.2, -0.15) is 0 Å². The quantitative estimate of drug-likeness (QED) is 0.675. The van der Waals surface area contributed by atoms with Crippen molar-refractivity contribution >= 4 is 13.7 Å². The van der Waals surface area contributed by atoms with E-state index in [0.717, 1.165) is 0 Å². The third-order valence-electron chi connectivity index (χ3n) is 1.59. The molecule has 0 saturated heterocycles. The van der Waals surface area contributed by atoms with E-state index < -0.39 is 5.97 Å². The molecule has 0 aliphatic carbocycles. The lowest BCUT2D eigenvalue weighted by Crippen LogP contribution is -2.03. The van der Waals surface area contributed by atoms with Crippen LogP contribution in [0.4, 0.5) is 0 Å². The van der Waals surface area contributed by atoms with E-state index in [1.54, 1.807) is 0 Å². The van der Waals surface area contributed by atoms with Crippen molar-refractivity contribution in [2.75, 3.05) is 7.11 Å². The summed E-state index contributed by atoms with van der Waals surface area (Å²) >= 11 is 0. The Balaban J connectivity index is 3.05. The van der Waals surface area contributed by atoms with E-state index in [1.807, 2.05) is 0 Å². The molecule has 6 heteroatoms. The van der Waals surface area contributed by atoms with Crippen LogP contribution in [0.1, 0.15) is 10.4 Å². The second kappa shape index (κ2) is 4.52. The summed E-state index contributed by atoms with van der Waals surface area (Å²) < 4.78 is 9.48. The lowest BCUT2D eigenvalue weighted by atomic mass is 10.2. The van der Waals surface area contributed by atoms with Crippen LogP contribution in [0.15, 0.2) is 18.2 Å². The fourth-order valence-electron chi connectivity index (χ4n) is 0.982.